The van der Waals surface area contributed by atoms with Crippen molar-refractivity contribution in [2.24, 2.45) is 7.05 Å². The van der Waals surface area contributed by atoms with Crippen LogP contribution in [-0.4, -0.2) is 29.5 Å². The highest BCUT2D eigenvalue weighted by Gasteiger charge is 2.32. The van der Waals surface area contributed by atoms with Gasteiger partial charge in [-0.25, -0.2) is 8.42 Å². The fraction of sp³-hybridized carbons (Fsp3) is 0.136. The average molecular weight is 468 g/mol. The van der Waals surface area contributed by atoms with Gasteiger partial charge in [0.1, 0.15) is 10.9 Å². The van der Waals surface area contributed by atoms with Crippen molar-refractivity contribution < 1.29 is 12.6 Å². The second-order valence-electron chi connectivity index (χ2n) is 7.23. The van der Waals surface area contributed by atoms with Gasteiger partial charge < -0.3 is 4.57 Å². The molecule has 3 heterocycles. The van der Waals surface area contributed by atoms with Crippen molar-refractivity contribution in [1.82, 2.24) is 4.57 Å². The van der Waals surface area contributed by atoms with E-state index in [4.69, 9.17) is 5.26 Å². The first-order valence-corrected chi connectivity index (χ1v) is 13.1. The molecule has 0 amide bonds. The molecule has 1 aliphatic rings. The van der Waals surface area contributed by atoms with Crippen LogP contribution in [0, 0.1) is 11.3 Å². The second kappa shape index (κ2) is 7.34. The van der Waals surface area contributed by atoms with Gasteiger partial charge in [0.25, 0.3) is 10.0 Å². The molecule has 0 spiro atoms. The van der Waals surface area contributed by atoms with Gasteiger partial charge in [-0.15, -0.1) is 11.3 Å². The van der Waals surface area contributed by atoms with Crippen molar-refractivity contribution in [2.75, 3.05) is 16.6 Å². The summed E-state index contributed by atoms with van der Waals surface area (Å²) < 4.78 is 43.1. The molecule has 0 N–H and O–H groups in total. The normalized spacial score (nSPS) is 16.3. The predicted molar refractivity (Wildman–Crippen MR) is 123 cm³/mol. The number of fused-ring (bicyclic) bond motifs is 2. The van der Waals surface area contributed by atoms with Crippen molar-refractivity contribution in [3.8, 4) is 16.5 Å². The summed E-state index contributed by atoms with van der Waals surface area (Å²) in [5, 5.41) is 9.96. The fourth-order valence-electron chi connectivity index (χ4n) is 3.80. The number of thiophene rings is 1. The van der Waals surface area contributed by atoms with E-state index in [0.717, 1.165) is 21.3 Å². The Kier molecular flexibility index (Phi) is 4.73. The molecule has 6 nitrogen and oxygen atoms in total. The van der Waals surface area contributed by atoms with E-state index in [0.29, 0.717) is 15.5 Å². The van der Waals surface area contributed by atoms with Crippen molar-refractivity contribution in [3.63, 3.8) is 0 Å². The average Bonchev–Trinajstić information content (AvgIpc) is 3.40. The van der Waals surface area contributed by atoms with E-state index >= 15 is 0 Å². The van der Waals surface area contributed by atoms with Crippen molar-refractivity contribution in [1.29, 1.82) is 5.26 Å². The summed E-state index contributed by atoms with van der Waals surface area (Å²) in [5.74, 6) is 0.247. The number of aryl methyl sites for hydroxylation is 1. The lowest BCUT2D eigenvalue weighted by atomic mass is 10.1. The lowest BCUT2D eigenvalue weighted by Gasteiger charge is -2.30. The molecule has 31 heavy (non-hydrogen) atoms. The third-order valence-electron chi connectivity index (χ3n) is 5.40. The Morgan fingerprint density at radius 1 is 1.10 bits per heavy atom. The molecule has 4 aromatic rings. The Labute approximate surface area is 186 Å². The van der Waals surface area contributed by atoms with Crippen LogP contribution in [0.15, 0.2) is 70.6 Å². The largest absolute Gasteiger partial charge is 0.351 e. The quantitative estimate of drug-likeness (QED) is 0.454. The topological polar surface area (TPSA) is 83.2 Å². The number of nitrogens with zero attached hydrogens (tertiary/aromatic N) is 3. The number of hydrogen-bond donors (Lipinski definition) is 0. The van der Waals surface area contributed by atoms with Crippen LogP contribution in [0.25, 0.3) is 21.3 Å². The molecule has 0 fully saturated rings. The molecule has 156 valence electrons. The maximum Gasteiger partial charge on any atom is 0.264 e. The summed E-state index contributed by atoms with van der Waals surface area (Å²) >= 11 is 1.34. The Morgan fingerprint density at radius 2 is 1.94 bits per heavy atom. The van der Waals surface area contributed by atoms with E-state index in [1.165, 1.54) is 15.6 Å². The van der Waals surface area contributed by atoms with Gasteiger partial charge >= 0.3 is 0 Å². The number of aromatic nitrogens is 1. The highest BCUT2D eigenvalue weighted by Crippen LogP contribution is 2.38. The molecule has 1 atom stereocenters. The maximum absolute atomic E-state index is 13.6. The molecule has 2 aromatic heterocycles. The lowest BCUT2D eigenvalue weighted by molar-refractivity contribution is 0.591. The summed E-state index contributed by atoms with van der Waals surface area (Å²) in [7, 11) is -3.19. The van der Waals surface area contributed by atoms with Crippen molar-refractivity contribution in [3.05, 3.63) is 65.7 Å². The van der Waals surface area contributed by atoms with Gasteiger partial charge in [0.2, 0.25) is 0 Å². The molecule has 5 rings (SSSR count). The number of sulfonamides is 1. The van der Waals surface area contributed by atoms with Crippen LogP contribution in [0.3, 0.4) is 0 Å². The molecular weight excluding hydrogens is 450 g/mol. The zero-order valence-electron chi connectivity index (χ0n) is 16.5. The third-order valence-corrected chi connectivity index (χ3v) is 9.64. The number of rotatable bonds is 3. The Morgan fingerprint density at radius 3 is 2.71 bits per heavy atom. The first-order valence-electron chi connectivity index (χ1n) is 9.49. The summed E-state index contributed by atoms with van der Waals surface area (Å²) in [4.78, 5) is 2.16. The minimum atomic E-state index is -3.84. The smallest absolute Gasteiger partial charge is 0.264 e. The first-order chi connectivity index (χ1) is 14.9. The zero-order chi connectivity index (χ0) is 21.8. The fourth-order valence-corrected chi connectivity index (χ4v) is 7.48. The monoisotopic (exact) mass is 467 g/mol. The standard InChI is InChI=1S/C22H17N3O3S3/c1-24-9-8-15-12-18(4-5-19(15)24)31(27,28)25-10-11-30(26)22-7-2-16(13-20(22)25)21-6-3-17(14-23)29-21/h2-9,12-13H,10-11H2,1H3. The number of anilines is 1. The number of hydrogen-bond acceptors (Lipinski definition) is 5. The van der Waals surface area contributed by atoms with Gasteiger partial charge in [0.15, 0.2) is 0 Å². The minimum absolute atomic E-state index is 0.145. The second-order valence-corrected chi connectivity index (χ2v) is 11.7. The molecule has 0 saturated carbocycles. The van der Waals surface area contributed by atoms with Crippen LogP contribution in [0.1, 0.15) is 4.88 Å². The molecule has 0 radical (unpaired) electrons. The molecular formula is C22H17N3O3S3. The van der Waals surface area contributed by atoms with Gasteiger partial charge in [0.05, 0.1) is 26.3 Å². The summed E-state index contributed by atoms with van der Waals surface area (Å²) in [6, 6.07) is 18.0. The Balaban J connectivity index is 1.63. The number of nitriles is 1. The van der Waals surface area contributed by atoms with Gasteiger partial charge in [-0.3, -0.25) is 8.51 Å². The zero-order valence-corrected chi connectivity index (χ0v) is 18.9. The van der Waals surface area contributed by atoms with Crippen molar-refractivity contribution in [2.45, 2.75) is 9.79 Å². The maximum atomic E-state index is 13.6. The molecule has 1 aliphatic heterocycles. The summed E-state index contributed by atoms with van der Waals surface area (Å²) in [6.45, 7) is 0.145. The highest BCUT2D eigenvalue weighted by molar-refractivity contribution is 7.93. The molecule has 1 unspecified atom stereocenters. The van der Waals surface area contributed by atoms with E-state index in [1.807, 2.05) is 36.0 Å². The summed E-state index contributed by atoms with van der Waals surface area (Å²) in [6.07, 6.45) is 1.89. The number of benzene rings is 2. The van der Waals surface area contributed by atoms with E-state index in [2.05, 4.69) is 6.07 Å². The van der Waals surface area contributed by atoms with E-state index < -0.39 is 20.8 Å². The Bertz CT molecular complexity index is 1510. The van der Waals surface area contributed by atoms with E-state index in [-0.39, 0.29) is 17.2 Å². The molecule has 9 heteroatoms. The van der Waals surface area contributed by atoms with Gasteiger partial charge in [-0.2, -0.15) is 5.26 Å². The predicted octanol–water partition coefficient (Wildman–Crippen LogP) is 4.09. The highest BCUT2D eigenvalue weighted by atomic mass is 32.2. The van der Waals surface area contributed by atoms with Crippen LogP contribution in [0.2, 0.25) is 0 Å². The molecule has 2 aromatic carbocycles. The van der Waals surface area contributed by atoms with Gasteiger partial charge in [-0.05, 0) is 54.1 Å². The molecule has 0 saturated heterocycles. The molecule has 0 aliphatic carbocycles. The lowest BCUT2D eigenvalue weighted by Crippen LogP contribution is -2.38. The van der Waals surface area contributed by atoms with Crippen LogP contribution >= 0.6 is 11.3 Å². The minimum Gasteiger partial charge on any atom is -0.351 e. The van der Waals surface area contributed by atoms with Crippen molar-refractivity contribution >= 4 is 48.7 Å². The first kappa shape index (κ1) is 20.0. The van der Waals surface area contributed by atoms with Crippen LogP contribution in [0.5, 0.6) is 0 Å². The van der Waals surface area contributed by atoms with Gasteiger partial charge in [-0.1, -0.05) is 6.07 Å². The Hall–Kier alpha value is -2.93. The van der Waals surface area contributed by atoms with E-state index in [1.54, 1.807) is 36.4 Å². The summed E-state index contributed by atoms with van der Waals surface area (Å²) in [5.41, 5.74) is 2.18. The van der Waals surface area contributed by atoms with Crippen LogP contribution in [-0.2, 0) is 27.9 Å². The SMILES string of the molecule is Cn1ccc2cc(S(=O)(=O)N3CCS(=O)c4ccc(-c5ccc(C#N)s5)cc43)ccc21. The van der Waals surface area contributed by atoms with Crippen LogP contribution in [0.4, 0.5) is 5.69 Å². The van der Waals surface area contributed by atoms with Crippen LogP contribution < -0.4 is 4.31 Å². The van der Waals surface area contributed by atoms with E-state index in [9.17, 15) is 12.6 Å². The molecule has 0 bridgehead atoms. The third kappa shape index (κ3) is 3.28. The van der Waals surface area contributed by atoms with Gasteiger partial charge in [0, 0.05) is 41.3 Å².